The van der Waals surface area contributed by atoms with Crippen LogP contribution in [0.2, 0.25) is 0 Å². The summed E-state index contributed by atoms with van der Waals surface area (Å²) in [6, 6.07) is 9.69. The van der Waals surface area contributed by atoms with Crippen molar-refractivity contribution in [2.24, 2.45) is 5.18 Å². The maximum absolute atomic E-state index is 11.8. The lowest BCUT2D eigenvalue weighted by atomic mass is 10.1. The third-order valence-electron chi connectivity index (χ3n) is 2.93. The highest BCUT2D eigenvalue weighted by atomic mass is 16.3. The van der Waals surface area contributed by atoms with Crippen molar-refractivity contribution in [1.82, 2.24) is 10.9 Å². The van der Waals surface area contributed by atoms with E-state index in [4.69, 9.17) is 0 Å². The van der Waals surface area contributed by atoms with Gasteiger partial charge in [-0.2, -0.15) is 0 Å². The minimum absolute atomic E-state index is 0.0363. The van der Waals surface area contributed by atoms with Crippen molar-refractivity contribution >= 4 is 17.5 Å². The number of benzene rings is 2. The lowest BCUT2D eigenvalue weighted by molar-refractivity contribution is -0.121. The fraction of sp³-hybridized carbons (Fsp3) is 0.0667. The van der Waals surface area contributed by atoms with Crippen LogP contribution in [0.5, 0.6) is 11.5 Å². The number of phenols is 2. The number of carbonyl (C=O) groups is 2. The number of carbonyl (C=O) groups excluding carboxylic acids is 2. The van der Waals surface area contributed by atoms with Crippen LogP contribution in [-0.2, 0) is 11.2 Å². The average molecular weight is 315 g/mol. The number of nitrogens with zero attached hydrogens (tertiary/aromatic N) is 1. The van der Waals surface area contributed by atoms with Gasteiger partial charge in [0.2, 0.25) is 5.91 Å². The highest BCUT2D eigenvalue weighted by Gasteiger charge is 2.11. The zero-order valence-electron chi connectivity index (χ0n) is 11.8. The number of nitroso groups, excluding NO2 is 1. The van der Waals surface area contributed by atoms with E-state index < -0.39 is 11.8 Å². The molecule has 0 spiro atoms. The van der Waals surface area contributed by atoms with Crippen LogP contribution >= 0.6 is 0 Å². The second-order valence-corrected chi connectivity index (χ2v) is 4.64. The Morgan fingerprint density at radius 2 is 1.83 bits per heavy atom. The van der Waals surface area contributed by atoms with Crippen LogP contribution < -0.4 is 10.9 Å². The summed E-state index contributed by atoms with van der Waals surface area (Å²) in [5.41, 5.74) is 4.74. The molecule has 2 aromatic carbocycles. The number of phenolic OH excluding ortho intramolecular Hbond substituents is 2. The van der Waals surface area contributed by atoms with Crippen LogP contribution in [-0.4, -0.2) is 22.0 Å². The molecular weight excluding hydrogens is 302 g/mol. The molecule has 0 unspecified atom stereocenters. The summed E-state index contributed by atoms with van der Waals surface area (Å²) >= 11 is 0. The monoisotopic (exact) mass is 315 g/mol. The summed E-state index contributed by atoms with van der Waals surface area (Å²) in [6.45, 7) is 0. The maximum Gasteiger partial charge on any atom is 0.269 e. The number of rotatable bonds is 4. The molecule has 0 radical (unpaired) electrons. The summed E-state index contributed by atoms with van der Waals surface area (Å²) in [5.74, 6) is -1.46. The Labute approximate surface area is 130 Å². The van der Waals surface area contributed by atoms with E-state index in [1.165, 1.54) is 18.2 Å². The molecule has 0 fully saturated rings. The molecule has 0 aromatic heterocycles. The lowest BCUT2D eigenvalue weighted by Crippen LogP contribution is -2.42. The molecule has 8 heteroatoms. The van der Waals surface area contributed by atoms with Crippen molar-refractivity contribution in [3.05, 3.63) is 58.5 Å². The Balaban J connectivity index is 1.93. The van der Waals surface area contributed by atoms with E-state index in [0.29, 0.717) is 5.56 Å². The van der Waals surface area contributed by atoms with Gasteiger partial charge in [-0.15, -0.1) is 4.91 Å². The molecule has 0 heterocycles. The number of hydrogen-bond donors (Lipinski definition) is 4. The number of amides is 2. The minimum Gasteiger partial charge on any atom is -0.508 e. The van der Waals surface area contributed by atoms with E-state index in [9.17, 15) is 24.7 Å². The van der Waals surface area contributed by atoms with Gasteiger partial charge in [-0.05, 0) is 41.1 Å². The zero-order chi connectivity index (χ0) is 16.8. The van der Waals surface area contributed by atoms with Crippen molar-refractivity contribution in [3.8, 4) is 11.5 Å². The van der Waals surface area contributed by atoms with Gasteiger partial charge in [0.15, 0.2) is 0 Å². The summed E-state index contributed by atoms with van der Waals surface area (Å²) in [4.78, 5) is 34.0. The molecule has 2 amide bonds. The third kappa shape index (κ3) is 4.27. The maximum atomic E-state index is 11.8. The molecule has 0 bridgehead atoms. The van der Waals surface area contributed by atoms with Gasteiger partial charge in [-0.25, -0.2) is 0 Å². The van der Waals surface area contributed by atoms with E-state index in [1.807, 2.05) is 0 Å². The SMILES string of the molecule is O=Nc1cc(C(=O)NNC(=O)Cc2cccc(O)c2)ccc1O. The third-order valence-corrected chi connectivity index (χ3v) is 2.93. The highest BCUT2D eigenvalue weighted by Crippen LogP contribution is 2.26. The largest absolute Gasteiger partial charge is 0.508 e. The molecule has 23 heavy (non-hydrogen) atoms. The molecule has 0 saturated heterocycles. The molecular formula is C15H13N3O5. The van der Waals surface area contributed by atoms with Crippen molar-refractivity contribution in [2.75, 3.05) is 0 Å². The van der Waals surface area contributed by atoms with Gasteiger partial charge in [0.1, 0.15) is 17.2 Å². The van der Waals surface area contributed by atoms with Gasteiger partial charge in [0.05, 0.1) is 6.42 Å². The van der Waals surface area contributed by atoms with E-state index in [2.05, 4.69) is 16.0 Å². The summed E-state index contributed by atoms with van der Waals surface area (Å²) < 4.78 is 0. The zero-order valence-corrected chi connectivity index (χ0v) is 11.8. The molecule has 0 aliphatic rings. The van der Waals surface area contributed by atoms with E-state index >= 15 is 0 Å². The lowest BCUT2D eigenvalue weighted by Gasteiger charge is -2.08. The summed E-state index contributed by atoms with van der Waals surface area (Å²) in [6.07, 6.45) is -0.0363. The van der Waals surface area contributed by atoms with Gasteiger partial charge in [-0.3, -0.25) is 20.4 Å². The van der Waals surface area contributed by atoms with Gasteiger partial charge in [0, 0.05) is 5.56 Å². The highest BCUT2D eigenvalue weighted by molar-refractivity contribution is 5.96. The smallest absolute Gasteiger partial charge is 0.269 e. The second-order valence-electron chi connectivity index (χ2n) is 4.64. The Hall–Kier alpha value is -3.42. The van der Waals surface area contributed by atoms with Crippen LogP contribution in [0.1, 0.15) is 15.9 Å². The number of hydrazine groups is 1. The fourth-order valence-corrected chi connectivity index (χ4v) is 1.83. The van der Waals surface area contributed by atoms with Crippen LogP contribution in [0.4, 0.5) is 5.69 Å². The molecule has 118 valence electrons. The topological polar surface area (TPSA) is 128 Å². The van der Waals surface area contributed by atoms with Crippen molar-refractivity contribution in [1.29, 1.82) is 0 Å². The number of nitrogens with one attached hydrogen (secondary N) is 2. The van der Waals surface area contributed by atoms with E-state index in [0.717, 1.165) is 12.1 Å². The average Bonchev–Trinajstić information content (AvgIpc) is 2.53. The predicted octanol–water partition coefficient (Wildman–Crippen LogP) is 1.50. The molecule has 4 N–H and O–H groups in total. The Kier molecular flexibility index (Phi) is 4.88. The molecule has 8 nitrogen and oxygen atoms in total. The van der Waals surface area contributed by atoms with Gasteiger partial charge >= 0.3 is 0 Å². The summed E-state index contributed by atoms with van der Waals surface area (Å²) in [7, 11) is 0. The van der Waals surface area contributed by atoms with E-state index in [-0.39, 0.29) is 29.2 Å². The first-order chi connectivity index (χ1) is 11.0. The molecule has 2 aromatic rings. The first-order valence-corrected chi connectivity index (χ1v) is 6.53. The van der Waals surface area contributed by atoms with Crippen molar-refractivity contribution in [3.63, 3.8) is 0 Å². The summed E-state index contributed by atoms with van der Waals surface area (Å²) in [5, 5.41) is 21.2. The standard InChI is InChI=1S/C15H13N3O5/c19-11-3-1-2-9(6-11)7-14(21)16-17-15(22)10-4-5-13(20)12(8-10)18-23/h1-6,8,19-20H,7H2,(H,16,21)(H,17,22). The predicted molar refractivity (Wildman–Crippen MR) is 81.0 cm³/mol. The molecule has 0 aliphatic carbocycles. The van der Waals surface area contributed by atoms with Crippen LogP contribution in [0.25, 0.3) is 0 Å². The van der Waals surface area contributed by atoms with Gasteiger partial charge < -0.3 is 10.2 Å². The Morgan fingerprint density at radius 1 is 1.04 bits per heavy atom. The Morgan fingerprint density at radius 3 is 2.52 bits per heavy atom. The molecule has 2 rings (SSSR count). The molecule has 0 saturated carbocycles. The van der Waals surface area contributed by atoms with Crippen molar-refractivity contribution < 1.29 is 19.8 Å². The quantitative estimate of drug-likeness (QED) is 0.502. The molecule has 0 atom stereocenters. The normalized spacial score (nSPS) is 9.91. The van der Waals surface area contributed by atoms with Crippen LogP contribution in [0.15, 0.2) is 47.6 Å². The first kappa shape index (κ1) is 16.0. The molecule has 0 aliphatic heterocycles. The Bertz CT molecular complexity index is 761. The number of hydrogen-bond acceptors (Lipinski definition) is 6. The van der Waals surface area contributed by atoms with Crippen LogP contribution in [0, 0.1) is 4.91 Å². The van der Waals surface area contributed by atoms with Crippen LogP contribution in [0.3, 0.4) is 0 Å². The number of aromatic hydroxyl groups is 2. The fourth-order valence-electron chi connectivity index (χ4n) is 1.83. The van der Waals surface area contributed by atoms with Crippen molar-refractivity contribution in [2.45, 2.75) is 6.42 Å². The minimum atomic E-state index is -0.667. The first-order valence-electron chi connectivity index (χ1n) is 6.53. The van der Waals surface area contributed by atoms with Gasteiger partial charge in [0.25, 0.3) is 5.91 Å². The second kappa shape index (κ2) is 7.03. The van der Waals surface area contributed by atoms with Gasteiger partial charge in [-0.1, -0.05) is 12.1 Å². The van der Waals surface area contributed by atoms with E-state index in [1.54, 1.807) is 12.1 Å².